The molecule has 2 N–H and O–H groups in total. The van der Waals surface area contributed by atoms with Gasteiger partial charge in [0.1, 0.15) is 0 Å². The summed E-state index contributed by atoms with van der Waals surface area (Å²) in [7, 11) is 0. The Morgan fingerprint density at radius 3 is 2.67 bits per heavy atom. The number of hydrogen-bond donors (Lipinski definition) is 2. The van der Waals surface area contributed by atoms with Crippen LogP contribution in [0.1, 0.15) is 5.56 Å². The maximum atomic E-state index is 10.9. The molecule has 0 radical (unpaired) electrons. The second kappa shape index (κ2) is 5.65. The summed E-state index contributed by atoms with van der Waals surface area (Å²) in [6.45, 7) is 0. The van der Waals surface area contributed by atoms with Crippen LogP contribution < -0.4 is 10.9 Å². The zero-order chi connectivity index (χ0) is 13.0. The summed E-state index contributed by atoms with van der Waals surface area (Å²) in [5.41, 5.74) is 6.33. The third kappa shape index (κ3) is 3.31. The van der Waals surface area contributed by atoms with Gasteiger partial charge in [0.2, 0.25) is 0 Å². The number of hydrazine groups is 1. The minimum absolute atomic E-state index is 0.0582. The van der Waals surface area contributed by atoms with Crippen LogP contribution in [-0.2, 0) is 0 Å². The molecule has 7 heteroatoms. The Morgan fingerprint density at radius 2 is 2.11 bits per heavy atom. The van der Waals surface area contributed by atoms with Crippen molar-refractivity contribution >= 4 is 28.8 Å². The Kier molecular flexibility index (Phi) is 3.96. The molecule has 1 fully saturated rings. The molecule has 94 valence electrons. The predicted octanol–water partition coefficient (Wildman–Crippen LogP) is 1.94. The smallest absolute Gasteiger partial charge is 0.282 e. The summed E-state index contributed by atoms with van der Waals surface area (Å²) in [6.07, 6.45) is 3.77. The highest BCUT2D eigenvalue weighted by Gasteiger charge is 2.14. The number of nitrogens with one attached hydrogen (secondary N) is 2. The second-order valence-electron chi connectivity index (χ2n) is 3.68. The lowest BCUT2D eigenvalue weighted by Gasteiger charge is -2.20. The Bertz CT molecular complexity index is 477. The highest BCUT2D eigenvalue weighted by atomic mass is 32.2. The summed E-state index contributed by atoms with van der Waals surface area (Å²) in [5.74, 6) is 0.662. The summed E-state index contributed by atoms with van der Waals surface area (Å²) >= 11 is 1.21. The van der Waals surface area contributed by atoms with Crippen LogP contribution >= 0.6 is 11.8 Å². The van der Waals surface area contributed by atoms with Crippen LogP contribution in [0.3, 0.4) is 0 Å². The van der Waals surface area contributed by atoms with Gasteiger partial charge in [-0.25, -0.2) is 5.43 Å². The van der Waals surface area contributed by atoms with E-state index in [2.05, 4.69) is 10.9 Å². The zero-order valence-corrected chi connectivity index (χ0v) is 10.1. The van der Waals surface area contributed by atoms with Crippen molar-refractivity contribution in [2.75, 3.05) is 5.75 Å². The molecular weight excluding hydrogens is 254 g/mol. The van der Waals surface area contributed by atoms with Gasteiger partial charge in [-0.2, -0.15) is 0 Å². The van der Waals surface area contributed by atoms with Gasteiger partial charge in [-0.1, -0.05) is 23.9 Å². The van der Waals surface area contributed by atoms with Gasteiger partial charge in [0.05, 0.1) is 11.0 Å². The SMILES string of the molecule is O=C1NNC(C=Cc2ccc([N+](=O)[O-])cc2)CS1. The van der Waals surface area contributed by atoms with Crippen LogP contribution in [0.15, 0.2) is 30.3 Å². The van der Waals surface area contributed by atoms with Crippen LogP contribution in [0.5, 0.6) is 0 Å². The van der Waals surface area contributed by atoms with Crippen molar-refractivity contribution in [2.24, 2.45) is 0 Å². The van der Waals surface area contributed by atoms with Gasteiger partial charge in [0.15, 0.2) is 0 Å². The van der Waals surface area contributed by atoms with Crippen molar-refractivity contribution in [1.82, 2.24) is 10.9 Å². The lowest BCUT2D eigenvalue weighted by Crippen LogP contribution is -2.47. The highest BCUT2D eigenvalue weighted by molar-refractivity contribution is 8.13. The van der Waals surface area contributed by atoms with Gasteiger partial charge in [-0.15, -0.1) is 0 Å². The molecule has 1 aliphatic rings. The molecule has 18 heavy (non-hydrogen) atoms. The average Bonchev–Trinajstić information content (AvgIpc) is 2.38. The molecule has 1 aliphatic heterocycles. The fraction of sp³-hybridized carbons (Fsp3) is 0.182. The van der Waals surface area contributed by atoms with Crippen molar-refractivity contribution in [3.05, 3.63) is 46.0 Å². The van der Waals surface area contributed by atoms with Crippen molar-refractivity contribution in [3.8, 4) is 0 Å². The first kappa shape index (κ1) is 12.6. The summed E-state index contributed by atoms with van der Waals surface area (Å²) < 4.78 is 0. The fourth-order valence-electron chi connectivity index (χ4n) is 1.43. The summed E-state index contributed by atoms with van der Waals surface area (Å²) in [4.78, 5) is 20.9. The molecule has 1 heterocycles. The number of rotatable bonds is 3. The highest BCUT2D eigenvalue weighted by Crippen LogP contribution is 2.14. The largest absolute Gasteiger partial charge is 0.293 e. The van der Waals surface area contributed by atoms with Gasteiger partial charge in [0, 0.05) is 17.9 Å². The number of carbonyl (C=O) groups is 1. The Balaban J connectivity index is 1.96. The normalized spacial score (nSPS) is 19.8. The monoisotopic (exact) mass is 265 g/mol. The lowest BCUT2D eigenvalue weighted by atomic mass is 10.1. The second-order valence-corrected chi connectivity index (χ2v) is 4.67. The number of nitro benzene ring substituents is 1. The molecule has 1 aromatic carbocycles. The summed E-state index contributed by atoms with van der Waals surface area (Å²) in [6, 6.07) is 6.35. The van der Waals surface area contributed by atoms with Crippen molar-refractivity contribution < 1.29 is 9.72 Å². The Morgan fingerprint density at radius 1 is 1.39 bits per heavy atom. The topological polar surface area (TPSA) is 84.3 Å². The number of thioether (sulfide) groups is 1. The first-order valence-electron chi connectivity index (χ1n) is 5.26. The third-order valence-corrected chi connectivity index (χ3v) is 3.27. The van der Waals surface area contributed by atoms with E-state index >= 15 is 0 Å². The van der Waals surface area contributed by atoms with Crippen LogP contribution in [0.4, 0.5) is 10.5 Å². The average molecular weight is 265 g/mol. The Labute approximate surface area is 108 Å². The number of nitrogens with zero attached hydrogens (tertiary/aromatic N) is 1. The lowest BCUT2D eigenvalue weighted by molar-refractivity contribution is -0.384. The van der Waals surface area contributed by atoms with E-state index in [1.165, 1.54) is 23.9 Å². The molecule has 1 saturated heterocycles. The molecule has 1 atom stereocenters. The number of hydrogen-bond acceptors (Lipinski definition) is 5. The molecule has 1 unspecified atom stereocenters. The van der Waals surface area contributed by atoms with E-state index < -0.39 is 4.92 Å². The van der Waals surface area contributed by atoms with Gasteiger partial charge in [-0.3, -0.25) is 20.3 Å². The molecule has 6 nitrogen and oxygen atoms in total. The molecule has 0 bridgehead atoms. The molecular formula is C11H11N3O3S. The van der Waals surface area contributed by atoms with Crippen molar-refractivity contribution in [2.45, 2.75) is 6.04 Å². The maximum Gasteiger partial charge on any atom is 0.293 e. The van der Waals surface area contributed by atoms with Crippen LogP contribution in [-0.4, -0.2) is 22.0 Å². The van der Waals surface area contributed by atoms with E-state index in [4.69, 9.17) is 0 Å². The third-order valence-electron chi connectivity index (χ3n) is 2.38. The molecule has 1 amide bonds. The van der Waals surface area contributed by atoms with Gasteiger partial charge >= 0.3 is 0 Å². The van der Waals surface area contributed by atoms with E-state index in [1.807, 2.05) is 12.2 Å². The van der Waals surface area contributed by atoms with Crippen LogP contribution in [0.2, 0.25) is 0 Å². The molecule has 0 aliphatic carbocycles. The number of benzene rings is 1. The van der Waals surface area contributed by atoms with Crippen molar-refractivity contribution in [3.63, 3.8) is 0 Å². The minimum atomic E-state index is -0.428. The van der Waals surface area contributed by atoms with Crippen LogP contribution in [0.25, 0.3) is 6.08 Å². The Hall–Kier alpha value is -1.86. The molecule has 1 aromatic rings. The number of amides is 1. The van der Waals surface area contributed by atoms with E-state index in [-0.39, 0.29) is 17.0 Å². The predicted molar refractivity (Wildman–Crippen MR) is 70.0 cm³/mol. The quantitative estimate of drug-likeness (QED) is 0.644. The first-order chi connectivity index (χ1) is 8.65. The van der Waals surface area contributed by atoms with E-state index in [0.29, 0.717) is 5.75 Å². The zero-order valence-electron chi connectivity index (χ0n) is 9.33. The maximum absolute atomic E-state index is 10.9. The van der Waals surface area contributed by atoms with Gasteiger partial charge < -0.3 is 0 Å². The number of nitro groups is 1. The van der Waals surface area contributed by atoms with E-state index in [1.54, 1.807) is 12.1 Å². The van der Waals surface area contributed by atoms with E-state index in [9.17, 15) is 14.9 Å². The van der Waals surface area contributed by atoms with Gasteiger partial charge in [-0.05, 0) is 17.7 Å². The van der Waals surface area contributed by atoms with Crippen LogP contribution in [0, 0.1) is 10.1 Å². The minimum Gasteiger partial charge on any atom is -0.282 e. The van der Waals surface area contributed by atoms with Gasteiger partial charge in [0.25, 0.3) is 10.9 Å². The standard InChI is InChI=1S/C11H11N3O3S/c15-11-13-12-9(7-18-11)4-1-8-2-5-10(6-3-8)14(16)17/h1-6,9,12H,7H2,(H,13,15). The number of non-ortho nitro benzene ring substituents is 1. The first-order valence-corrected chi connectivity index (χ1v) is 6.24. The number of carbonyl (C=O) groups excluding carboxylic acids is 1. The molecule has 0 spiro atoms. The summed E-state index contributed by atoms with van der Waals surface area (Å²) in [5, 5.41) is 10.4. The fourth-order valence-corrected chi connectivity index (χ4v) is 2.09. The van der Waals surface area contributed by atoms with Crippen molar-refractivity contribution in [1.29, 1.82) is 0 Å². The van der Waals surface area contributed by atoms with E-state index in [0.717, 1.165) is 5.56 Å². The molecule has 2 rings (SSSR count). The molecule has 0 saturated carbocycles. The molecule has 0 aromatic heterocycles.